The fraction of sp³-hybridized carbons (Fsp3) is 0.333. The Balaban J connectivity index is 2.11. The zero-order valence-electron chi connectivity index (χ0n) is 11.4. The van der Waals surface area contributed by atoms with E-state index in [1.807, 2.05) is 24.3 Å². The van der Waals surface area contributed by atoms with Crippen LogP contribution in [-0.2, 0) is 10.0 Å². The van der Waals surface area contributed by atoms with Gasteiger partial charge in [0, 0.05) is 6.54 Å². The summed E-state index contributed by atoms with van der Waals surface area (Å²) >= 11 is 0. The van der Waals surface area contributed by atoms with E-state index in [0.29, 0.717) is 19.4 Å². The molecule has 5 heteroatoms. The fourth-order valence-corrected chi connectivity index (χ4v) is 3.13. The van der Waals surface area contributed by atoms with Gasteiger partial charge in [0.05, 0.1) is 11.0 Å². The summed E-state index contributed by atoms with van der Waals surface area (Å²) in [5.74, 6) is 0. The van der Waals surface area contributed by atoms with E-state index in [1.165, 1.54) is 0 Å². The number of benzene rings is 2. The number of rotatable bonds is 6. The minimum absolute atomic E-state index is 0.272. The highest BCUT2D eigenvalue weighted by Crippen LogP contribution is 2.18. The lowest BCUT2D eigenvalue weighted by molar-refractivity contribution is 0.182. The molecule has 0 fully saturated rings. The second-order valence-electron chi connectivity index (χ2n) is 4.90. The molecule has 0 saturated heterocycles. The summed E-state index contributed by atoms with van der Waals surface area (Å²) in [7, 11) is -3.48. The van der Waals surface area contributed by atoms with Gasteiger partial charge in [0.2, 0.25) is 10.0 Å². The van der Waals surface area contributed by atoms with E-state index in [4.69, 9.17) is 5.11 Å². The summed E-state index contributed by atoms with van der Waals surface area (Å²) in [6.07, 6.45) is 0.797. The predicted molar refractivity (Wildman–Crippen MR) is 80.1 cm³/mol. The van der Waals surface area contributed by atoms with Gasteiger partial charge in [0.1, 0.15) is 0 Å². The molecule has 0 spiro atoms. The van der Waals surface area contributed by atoms with Gasteiger partial charge in [-0.3, -0.25) is 0 Å². The first kappa shape index (κ1) is 15.0. The summed E-state index contributed by atoms with van der Waals surface area (Å²) in [5.41, 5.74) is 0. The minimum Gasteiger partial charge on any atom is -0.393 e. The smallest absolute Gasteiger partial charge is 0.240 e. The third-order valence-corrected chi connectivity index (χ3v) is 4.58. The van der Waals surface area contributed by atoms with Crippen molar-refractivity contribution in [1.29, 1.82) is 0 Å². The molecule has 2 N–H and O–H groups in total. The van der Waals surface area contributed by atoms with E-state index in [0.717, 1.165) is 10.8 Å². The molecule has 0 heterocycles. The molecular weight excluding hydrogens is 274 g/mol. The van der Waals surface area contributed by atoms with Gasteiger partial charge in [-0.05, 0) is 42.7 Å². The Labute approximate surface area is 119 Å². The maximum absolute atomic E-state index is 12.1. The zero-order valence-corrected chi connectivity index (χ0v) is 12.2. The first-order chi connectivity index (χ1) is 9.49. The van der Waals surface area contributed by atoms with Crippen LogP contribution in [0.3, 0.4) is 0 Å². The van der Waals surface area contributed by atoms with Crippen molar-refractivity contribution in [3.63, 3.8) is 0 Å². The first-order valence-electron chi connectivity index (χ1n) is 6.65. The van der Waals surface area contributed by atoms with Crippen molar-refractivity contribution in [1.82, 2.24) is 4.72 Å². The van der Waals surface area contributed by atoms with Gasteiger partial charge in [-0.15, -0.1) is 0 Å². The lowest BCUT2D eigenvalue weighted by Gasteiger charge is -2.08. The standard InChI is InChI=1S/C15H19NO3S/c1-12(17)5-4-10-16-20(18,19)15-9-8-13-6-2-3-7-14(13)11-15/h2-3,6-9,11-12,16-17H,4-5,10H2,1H3. The van der Waals surface area contributed by atoms with Crippen molar-refractivity contribution < 1.29 is 13.5 Å². The van der Waals surface area contributed by atoms with E-state index < -0.39 is 16.1 Å². The maximum Gasteiger partial charge on any atom is 0.240 e. The van der Waals surface area contributed by atoms with Crippen LogP contribution in [0.1, 0.15) is 19.8 Å². The van der Waals surface area contributed by atoms with E-state index >= 15 is 0 Å². The maximum atomic E-state index is 12.1. The Hall–Kier alpha value is -1.43. The molecule has 0 aliphatic rings. The van der Waals surface area contributed by atoms with Gasteiger partial charge >= 0.3 is 0 Å². The van der Waals surface area contributed by atoms with Gasteiger partial charge in [-0.2, -0.15) is 0 Å². The second kappa shape index (κ2) is 6.35. The summed E-state index contributed by atoms with van der Waals surface area (Å²) in [4.78, 5) is 0.272. The van der Waals surface area contributed by atoms with Crippen LogP contribution in [0.4, 0.5) is 0 Å². The van der Waals surface area contributed by atoms with E-state index in [9.17, 15) is 8.42 Å². The fourth-order valence-electron chi connectivity index (χ4n) is 2.02. The Kier molecular flexibility index (Phi) is 4.75. The summed E-state index contributed by atoms with van der Waals surface area (Å²) < 4.78 is 26.9. The number of aliphatic hydroxyl groups is 1. The van der Waals surface area contributed by atoms with E-state index in [2.05, 4.69) is 4.72 Å². The number of fused-ring (bicyclic) bond motifs is 1. The summed E-state index contributed by atoms with van der Waals surface area (Å²) in [5, 5.41) is 11.1. The molecule has 2 rings (SSSR count). The largest absolute Gasteiger partial charge is 0.393 e. The molecular formula is C15H19NO3S. The van der Waals surface area contributed by atoms with Crippen LogP contribution < -0.4 is 4.72 Å². The molecule has 0 bridgehead atoms. The normalized spacial score (nSPS) is 13.5. The molecule has 0 radical (unpaired) electrons. The number of hydrogen-bond donors (Lipinski definition) is 2. The van der Waals surface area contributed by atoms with Gasteiger partial charge in [0.25, 0.3) is 0 Å². The average molecular weight is 293 g/mol. The molecule has 0 aromatic heterocycles. The quantitative estimate of drug-likeness (QED) is 0.803. The van der Waals surface area contributed by atoms with E-state index in [1.54, 1.807) is 25.1 Å². The first-order valence-corrected chi connectivity index (χ1v) is 8.14. The molecule has 2 aromatic carbocycles. The van der Waals surface area contributed by atoms with Crippen molar-refractivity contribution in [2.45, 2.75) is 30.8 Å². The van der Waals surface area contributed by atoms with Crippen LogP contribution in [0, 0.1) is 0 Å². The highest BCUT2D eigenvalue weighted by Gasteiger charge is 2.13. The predicted octanol–water partition coefficient (Wildman–Crippen LogP) is 2.28. The van der Waals surface area contributed by atoms with Gasteiger partial charge < -0.3 is 5.11 Å². The van der Waals surface area contributed by atoms with Crippen molar-refractivity contribution in [3.8, 4) is 0 Å². The number of sulfonamides is 1. The van der Waals surface area contributed by atoms with Crippen LogP contribution in [0.25, 0.3) is 10.8 Å². The van der Waals surface area contributed by atoms with Gasteiger partial charge in [0.15, 0.2) is 0 Å². The SMILES string of the molecule is CC(O)CCCNS(=O)(=O)c1ccc2ccccc2c1. The third-order valence-electron chi connectivity index (χ3n) is 3.12. The van der Waals surface area contributed by atoms with Gasteiger partial charge in [-0.1, -0.05) is 30.3 Å². The highest BCUT2D eigenvalue weighted by molar-refractivity contribution is 7.89. The van der Waals surface area contributed by atoms with E-state index in [-0.39, 0.29) is 4.90 Å². The molecule has 0 aliphatic carbocycles. The Bertz CT molecular complexity index is 680. The third kappa shape index (κ3) is 3.79. The van der Waals surface area contributed by atoms with Crippen molar-refractivity contribution >= 4 is 20.8 Å². The number of nitrogens with one attached hydrogen (secondary N) is 1. The van der Waals surface area contributed by atoms with Crippen LogP contribution in [0.2, 0.25) is 0 Å². The Morgan fingerprint density at radius 2 is 1.85 bits per heavy atom. The lowest BCUT2D eigenvalue weighted by atomic mass is 10.1. The zero-order chi connectivity index (χ0) is 14.6. The number of aliphatic hydroxyl groups excluding tert-OH is 1. The van der Waals surface area contributed by atoms with Crippen LogP contribution in [-0.4, -0.2) is 26.2 Å². The van der Waals surface area contributed by atoms with Crippen molar-refractivity contribution in [2.75, 3.05) is 6.54 Å². The number of hydrogen-bond acceptors (Lipinski definition) is 3. The molecule has 108 valence electrons. The van der Waals surface area contributed by atoms with Crippen molar-refractivity contribution in [2.24, 2.45) is 0 Å². The summed E-state index contributed by atoms with van der Waals surface area (Å²) in [6.45, 7) is 2.03. The Morgan fingerprint density at radius 3 is 2.55 bits per heavy atom. The molecule has 2 aromatic rings. The van der Waals surface area contributed by atoms with Gasteiger partial charge in [-0.25, -0.2) is 13.1 Å². The van der Waals surface area contributed by atoms with Crippen molar-refractivity contribution in [3.05, 3.63) is 42.5 Å². The van der Waals surface area contributed by atoms with Crippen LogP contribution in [0.15, 0.2) is 47.4 Å². The molecule has 1 atom stereocenters. The monoisotopic (exact) mass is 293 g/mol. The molecule has 0 saturated carbocycles. The highest BCUT2D eigenvalue weighted by atomic mass is 32.2. The topological polar surface area (TPSA) is 66.4 Å². The van der Waals surface area contributed by atoms with Crippen LogP contribution >= 0.6 is 0 Å². The Morgan fingerprint density at radius 1 is 1.15 bits per heavy atom. The van der Waals surface area contributed by atoms with Crippen LogP contribution in [0.5, 0.6) is 0 Å². The average Bonchev–Trinajstić information content (AvgIpc) is 2.43. The molecule has 0 aliphatic heterocycles. The summed E-state index contributed by atoms with van der Waals surface area (Å²) in [6, 6.07) is 12.7. The molecule has 4 nitrogen and oxygen atoms in total. The molecule has 1 unspecified atom stereocenters. The lowest BCUT2D eigenvalue weighted by Crippen LogP contribution is -2.25. The molecule has 0 amide bonds. The molecule has 20 heavy (non-hydrogen) atoms. The second-order valence-corrected chi connectivity index (χ2v) is 6.66. The minimum atomic E-state index is -3.48.